The van der Waals surface area contributed by atoms with Crippen molar-refractivity contribution in [3.8, 4) is 0 Å². The van der Waals surface area contributed by atoms with Crippen molar-refractivity contribution in [3.63, 3.8) is 0 Å². The van der Waals surface area contributed by atoms with Gasteiger partial charge in [0, 0.05) is 29.0 Å². The molecule has 1 amide bonds. The van der Waals surface area contributed by atoms with Crippen LogP contribution in [0.15, 0.2) is 29.6 Å². The van der Waals surface area contributed by atoms with Crippen LogP contribution in [0.4, 0.5) is 5.13 Å². The van der Waals surface area contributed by atoms with Crippen molar-refractivity contribution >= 4 is 33.3 Å². The molecule has 0 bridgehead atoms. The molecule has 0 saturated heterocycles. The first-order chi connectivity index (χ1) is 9.58. The number of fused-ring (bicyclic) bond motifs is 1. The fraction of sp³-hybridized carbons (Fsp3) is 0.200. The number of aromatic nitrogens is 2. The standard InChI is InChI=1S/C15H15N3OS/c1-9-8-20-15(16-9)17-14(19)13-10(2)18(3)12-7-5-4-6-11(12)13/h4-8H,1-3H3,(H,16,17,19). The first kappa shape index (κ1) is 12.9. The third-order valence-electron chi connectivity index (χ3n) is 3.47. The largest absolute Gasteiger partial charge is 0.347 e. The number of carbonyl (C=O) groups excluding carboxylic acids is 1. The smallest absolute Gasteiger partial charge is 0.259 e. The predicted octanol–water partition coefficient (Wildman–Crippen LogP) is 3.50. The summed E-state index contributed by atoms with van der Waals surface area (Å²) in [6, 6.07) is 7.93. The summed E-state index contributed by atoms with van der Waals surface area (Å²) in [5, 5.41) is 6.41. The van der Waals surface area contributed by atoms with Crippen molar-refractivity contribution in [2.24, 2.45) is 7.05 Å². The first-order valence-corrected chi connectivity index (χ1v) is 7.23. The summed E-state index contributed by atoms with van der Waals surface area (Å²) in [6.45, 7) is 3.87. The fourth-order valence-corrected chi connectivity index (χ4v) is 3.06. The van der Waals surface area contributed by atoms with Crippen molar-refractivity contribution in [1.82, 2.24) is 9.55 Å². The summed E-state index contributed by atoms with van der Waals surface area (Å²) in [5.74, 6) is -0.103. The van der Waals surface area contributed by atoms with Gasteiger partial charge in [0.1, 0.15) is 0 Å². The van der Waals surface area contributed by atoms with Gasteiger partial charge < -0.3 is 4.57 Å². The van der Waals surface area contributed by atoms with Crippen LogP contribution in [-0.2, 0) is 7.05 Å². The Labute approximate surface area is 121 Å². The molecule has 0 fully saturated rings. The topological polar surface area (TPSA) is 46.9 Å². The van der Waals surface area contributed by atoms with Gasteiger partial charge in [-0.1, -0.05) is 18.2 Å². The van der Waals surface area contributed by atoms with Crippen LogP contribution in [0.5, 0.6) is 0 Å². The number of hydrogen-bond acceptors (Lipinski definition) is 3. The second kappa shape index (κ2) is 4.76. The number of nitrogens with zero attached hydrogens (tertiary/aromatic N) is 2. The second-order valence-corrected chi connectivity index (χ2v) is 5.64. The maximum atomic E-state index is 12.5. The number of nitrogens with one attached hydrogen (secondary N) is 1. The van der Waals surface area contributed by atoms with Crippen LogP contribution in [-0.4, -0.2) is 15.5 Å². The lowest BCUT2D eigenvalue weighted by Crippen LogP contribution is -2.13. The molecule has 0 saturated carbocycles. The molecule has 0 aliphatic rings. The zero-order chi connectivity index (χ0) is 14.3. The van der Waals surface area contributed by atoms with Gasteiger partial charge in [0.15, 0.2) is 5.13 Å². The molecule has 4 nitrogen and oxygen atoms in total. The SMILES string of the molecule is Cc1csc(NC(=O)c2c(C)n(C)c3ccccc23)n1. The van der Waals surface area contributed by atoms with Gasteiger partial charge in [0.05, 0.1) is 11.3 Å². The van der Waals surface area contributed by atoms with E-state index in [1.165, 1.54) is 11.3 Å². The molecule has 0 aliphatic carbocycles. The Morgan fingerprint density at radius 1 is 1.30 bits per heavy atom. The normalized spacial score (nSPS) is 10.9. The molecule has 0 unspecified atom stereocenters. The van der Waals surface area contributed by atoms with Crippen LogP contribution >= 0.6 is 11.3 Å². The van der Waals surface area contributed by atoms with E-state index in [1.54, 1.807) is 0 Å². The quantitative estimate of drug-likeness (QED) is 0.783. The highest BCUT2D eigenvalue weighted by Gasteiger charge is 2.18. The van der Waals surface area contributed by atoms with Gasteiger partial charge in [-0.3, -0.25) is 10.1 Å². The Hall–Kier alpha value is -2.14. The summed E-state index contributed by atoms with van der Waals surface area (Å²) in [7, 11) is 1.97. The van der Waals surface area contributed by atoms with Crippen LogP contribution in [0.1, 0.15) is 21.7 Å². The summed E-state index contributed by atoms with van der Waals surface area (Å²) in [4.78, 5) is 16.8. The van der Waals surface area contributed by atoms with E-state index >= 15 is 0 Å². The van der Waals surface area contributed by atoms with Gasteiger partial charge in [0.2, 0.25) is 0 Å². The van der Waals surface area contributed by atoms with E-state index in [1.807, 2.05) is 55.1 Å². The molecule has 20 heavy (non-hydrogen) atoms. The van der Waals surface area contributed by atoms with E-state index in [-0.39, 0.29) is 5.91 Å². The average molecular weight is 285 g/mol. The van der Waals surface area contributed by atoms with Crippen LogP contribution in [0.2, 0.25) is 0 Å². The van der Waals surface area contributed by atoms with Crippen molar-refractivity contribution in [2.45, 2.75) is 13.8 Å². The maximum absolute atomic E-state index is 12.5. The number of carbonyl (C=O) groups is 1. The molecule has 3 aromatic rings. The number of aryl methyl sites for hydroxylation is 2. The number of hydrogen-bond donors (Lipinski definition) is 1. The molecule has 0 atom stereocenters. The molecule has 2 aromatic heterocycles. The lowest BCUT2D eigenvalue weighted by atomic mass is 10.1. The second-order valence-electron chi connectivity index (χ2n) is 4.78. The number of benzene rings is 1. The van der Waals surface area contributed by atoms with Crippen molar-refractivity contribution in [3.05, 3.63) is 46.6 Å². The van der Waals surface area contributed by atoms with Crippen LogP contribution < -0.4 is 5.32 Å². The lowest BCUT2D eigenvalue weighted by Gasteiger charge is -2.02. The van der Waals surface area contributed by atoms with Crippen molar-refractivity contribution < 1.29 is 4.79 Å². The summed E-state index contributed by atoms with van der Waals surface area (Å²) >= 11 is 1.44. The minimum atomic E-state index is -0.103. The molecule has 3 rings (SSSR count). The van der Waals surface area contributed by atoms with Crippen molar-refractivity contribution in [2.75, 3.05) is 5.32 Å². The Morgan fingerprint density at radius 3 is 2.75 bits per heavy atom. The van der Waals surface area contributed by atoms with E-state index in [4.69, 9.17) is 0 Å². The van der Waals surface area contributed by atoms with Crippen LogP contribution in [0, 0.1) is 13.8 Å². The first-order valence-electron chi connectivity index (χ1n) is 6.35. The molecule has 0 radical (unpaired) electrons. The Morgan fingerprint density at radius 2 is 2.05 bits per heavy atom. The Balaban J connectivity index is 2.05. The predicted molar refractivity (Wildman–Crippen MR) is 82.5 cm³/mol. The lowest BCUT2D eigenvalue weighted by molar-refractivity contribution is 0.102. The maximum Gasteiger partial charge on any atom is 0.259 e. The van der Waals surface area contributed by atoms with E-state index in [9.17, 15) is 4.79 Å². The van der Waals surface area contributed by atoms with Crippen molar-refractivity contribution in [1.29, 1.82) is 0 Å². The minimum Gasteiger partial charge on any atom is -0.347 e. The number of para-hydroxylation sites is 1. The number of rotatable bonds is 2. The van der Waals surface area contributed by atoms with Crippen LogP contribution in [0.25, 0.3) is 10.9 Å². The molecular formula is C15H15N3OS. The fourth-order valence-electron chi connectivity index (χ4n) is 2.38. The molecular weight excluding hydrogens is 270 g/mol. The summed E-state index contributed by atoms with van der Waals surface area (Å²) < 4.78 is 2.04. The molecule has 102 valence electrons. The van der Waals surface area contributed by atoms with Gasteiger partial charge in [-0.25, -0.2) is 4.98 Å². The van der Waals surface area contributed by atoms with Gasteiger partial charge in [-0.15, -0.1) is 11.3 Å². The number of amides is 1. The highest BCUT2D eigenvalue weighted by atomic mass is 32.1. The Kier molecular flexibility index (Phi) is 3.06. The highest BCUT2D eigenvalue weighted by Crippen LogP contribution is 2.26. The third-order valence-corrected chi connectivity index (χ3v) is 4.34. The van der Waals surface area contributed by atoms with Gasteiger partial charge in [-0.05, 0) is 19.9 Å². The number of anilines is 1. The van der Waals surface area contributed by atoms with Gasteiger partial charge in [0.25, 0.3) is 5.91 Å². The molecule has 5 heteroatoms. The Bertz CT molecular complexity index is 801. The molecule has 0 spiro atoms. The molecule has 2 heterocycles. The molecule has 1 N–H and O–H groups in total. The zero-order valence-electron chi connectivity index (χ0n) is 11.6. The van der Waals surface area contributed by atoms with E-state index in [0.717, 1.165) is 27.9 Å². The van der Waals surface area contributed by atoms with E-state index in [0.29, 0.717) is 5.13 Å². The van der Waals surface area contributed by atoms with E-state index in [2.05, 4.69) is 10.3 Å². The molecule has 1 aromatic carbocycles. The average Bonchev–Trinajstić information content (AvgIpc) is 2.93. The summed E-state index contributed by atoms with van der Waals surface area (Å²) in [6.07, 6.45) is 0. The van der Waals surface area contributed by atoms with Crippen LogP contribution in [0.3, 0.4) is 0 Å². The monoisotopic (exact) mass is 285 g/mol. The van der Waals surface area contributed by atoms with Gasteiger partial charge >= 0.3 is 0 Å². The molecule has 0 aliphatic heterocycles. The van der Waals surface area contributed by atoms with Gasteiger partial charge in [-0.2, -0.15) is 0 Å². The zero-order valence-corrected chi connectivity index (χ0v) is 12.4. The summed E-state index contributed by atoms with van der Waals surface area (Å²) in [5.41, 5.74) is 3.65. The van der Waals surface area contributed by atoms with E-state index < -0.39 is 0 Å². The highest BCUT2D eigenvalue weighted by molar-refractivity contribution is 7.13. The number of thiazole rings is 1. The minimum absolute atomic E-state index is 0.103. The third kappa shape index (κ3) is 2.00.